The van der Waals surface area contributed by atoms with Gasteiger partial charge in [0.05, 0.1) is 6.54 Å². The van der Waals surface area contributed by atoms with Gasteiger partial charge in [-0.1, -0.05) is 63.9 Å². The van der Waals surface area contributed by atoms with Crippen molar-refractivity contribution in [1.29, 1.82) is 0 Å². The second kappa shape index (κ2) is 9.60. The Hall–Kier alpha value is -3.42. The number of imide groups is 1. The fraction of sp³-hybridized carbons (Fsp3) is 0.0800. The standard InChI is InChI=1S/C25H19BrClN3O3/c1-15-7-8-17(23(31)28-19-11-9-18(26)10-12-19)13-20(15)29-22-21(27)24(32)30(25(22)33)14-16-5-3-2-4-6-16/h2-13,29H,14H2,1H3,(H,28,31). The Bertz CT molecular complexity index is 1270. The molecule has 8 heteroatoms. The lowest BCUT2D eigenvalue weighted by atomic mass is 10.1. The molecule has 0 saturated heterocycles. The molecule has 1 aliphatic heterocycles. The number of carbonyl (C=O) groups excluding carboxylic acids is 3. The zero-order valence-corrected chi connectivity index (χ0v) is 19.9. The van der Waals surface area contributed by atoms with Gasteiger partial charge in [0.15, 0.2) is 0 Å². The number of rotatable bonds is 6. The second-order valence-corrected chi connectivity index (χ2v) is 8.78. The number of nitrogens with one attached hydrogen (secondary N) is 2. The lowest BCUT2D eigenvalue weighted by Crippen LogP contribution is -2.31. The molecule has 3 aromatic rings. The van der Waals surface area contributed by atoms with Crippen LogP contribution in [0.4, 0.5) is 11.4 Å². The van der Waals surface area contributed by atoms with Crippen molar-refractivity contribution >= 4 is 56.6 Å². The number of aryl methyl sites for hydroxylation is 1. The van der Waals surface area contributed by atoms with Gasteiger partial charge in [-0.05, 0) is 54.4 Å². The van der Waals surface area contributed by atoms with E-state index in [1.165, 1.54) is 0 Å². The highest BCUT2D eigenvalue weighted by atomic mass is 79.9. The van der Waals surface area contributed by atoms with Crippen LogP contribution in [0.3, 0.4) is 0 Å². The van der Waals surface area contributed by atoms with Gasteiger partial charge in [-0.25, -0.2) is 0 Å². The molecule has 33 heavy (non-hydrogen) atoms. The SMILES string of the molecule is Cc1ccc(C(=O)Nc2ccc(Br)cc2)cc1NC1=C(Cl)C(=O)N(Cc2ccccc2)C1=O. The topological polar surface area (TPSA) is 78.5 Å². The number of carbonyl (C=O) groups is 3. The summed E-state index contributed by atoms with van der Waals surface area (Å²) in [6, 6.07) is 21.5. The zero-order chi connectivity index (χ0) is 23.5. The van der Waals surface area contributed by atoms with E-state index in [2.05, 4.69) is 26.6 Å². The predicted molar refractivity (Wildman–Crippen MR) is 132 cm³/mol. The van der Waals surface area contributed by atoms with Crippen LogP contribution in [-0.4, -0.2) is 22.6 Å². The summed E-state index contributed by atoms with van der Waals surface area (Å²) in [7, 11) is 0. The summed E-state index contributed by atoms with van der Waals surface area (Å²) in [6.07, 6.45) is 0. The van der Waals surface area contributed by atoms with Crippen molar-refractivity contribution < 1.29 is 14.4 Å². The molecular weight excluding hydrogens is 506 g/mol. The maximum atomic E-state index is 13.0. The van der Waals surface area contributed by atoms with E-state index in [1.807, 2.05) is 49.4 Å². The van der Waals surface area contributed by atoms with Gasteiger partial charge in [0.25, 0.3) is 17.7 Å². The molecule has 0 fully saturated rings. The van der Waals surface area contributed by atoms with Crippen molar-refractivity contribution in [3.05, 3.63) is 105 Å². The lowest BCUT2D eigenvalue weighted by molar-refractivity contribution is -0.138. The molecule has 1 aliphatic rings. The Labute approximate surface area is 204 Å². The molecule has 0 radical (unpaired) electrons. The van der Waals surface area contributed by atoms with Crippen molar-refractivity contribution in [2.45, 2.75) is 13.5 Å². The third-order valence-corrected chi connectivity index (χ3v) is 6.04. The monoisotopic (exact) mass is 523 g/mol. The first-order chi connectivity index (χ1) is 15.8. The van der Waals surface area contributed by atoms with Crippen LogP contribution in [0.15, 0.2) is 88.0 Å². The van der Waals surface area contributed by atoms with E-state index in [1.54, 1.807) is 30.3 Å². The van der Waals surface area contributed by atoms with Gasteiger partial charge in [0.2, 0.25) is 0 Å². The van der Waals surface area contributed by atoms with Crippen molar-refractivity contribution in [2.75, 3.05) is 10.6 Å². The van der Waals surface area contributed by atoms with E-state index < -0.39 is 11.8 Å². The average Bonchev–Trinajstić information content (AvgIpc) is 3.01. The second-order valence-electron chi connectivity index (χ2n) is 7.49. The fourth-order valence-electron chi connectivity index (χ4n) is 3.33. The summed E-state index contributed by atoms with van der Waals surface area (Å²) in [6.45, 7) is 1.95. The Morgan fingerprint density at radius 1 is 0.970 bits per heavy atom. The number of halogens is 2. The number of anilines is 2. The number of hydrogen-bond acceptors (Lipinski definition) is 4. The number of benzene rings is 3. The van der Waals surface area contributed by atoms with Crippen molar-refractivity contribution in [1.82, 2.24) is 4.90 Å². The summed E-state index contributed by atoms with van der Waals surface area (Å²) in [4.78, 5) is 39.4. The average molecular weight is 525 g/mol. The lowest BCUT2D eigenvalue weighted by Gasteiger charge is -2.16. The van der Waals surface area contributed by atoms with Gasteiger partial charge in [-0.2, -0.15) is 0 Å². The van der Waals surface area contributed by atoms with E-state index in [0.29, 0.717) is 16.9 Å². The van der Waals surface area contributed by atoms with Gasteiger partial charge < -0.3 is 10.6 Å². The molecule has 3 amide bonds. The number of amides is 3. The minimum absolute atomic E-state index is 0.00818. The molecule has 0 spiro atoms. The Kier molecular flexibility index (Phi) is 6.62. The molecule has 0 saturated carbocycles. The third-order valence-electron chi connectivity index (χ3n) is 5.16. The van der Waals surface area contributed by atoms with E-state index in [9.17, 15) is 14.4 Å². The number of hydrogen-bond donors (Lipinski definition) is 2. The largest absolute Gasteiger partial charge is 0.349 e. The molecule has 166 valence electrons. The quantitative estimate of drug-likeness (QED) is 0.421. The summed E-state index contributed by atoms with van der Waals surface area (Å²) in [5, 5.41) is 5.62. The minimum atomic E-state index is -0.560. The smallest absolute Gasteiger partial charge is 0.279 e. The third kappa shape index (κ3) is 4.99. The first kappa shape index (κ1) is 22.8. The summed E-state index contributed by atoms with van der Waals surface area (Å²) < 4.78 is 0.907. The van der Waals surface area contributed by atoms with Crippen LogP contribution in [0.1, 0.15) is 21.5 Å². The van der Waals surface area contributed by atoms with Crippen molar-refractivity contribution in [3.63, 3.8) is 0 Å². The van der Waals surface area contributed by atoms with Crippen LogP contribution in [-0.2, 0) is 16.1 Å². The molecule has 6 nitrogen and oxygen atoms in total. The van der Waals surface area contributed by atoms with E-state index in [-0.39, 0.29) is 23.2 Å². The summed E-state index contributed by atoms with van der Waals surface area (Å²) in [5.41, 5.74) is 3.14. The van der Waals surface area contributed by atoms with Crippen LogP contribution < -0.4 is 10.6 Å². The highest BCUT2D eigenvalue weighted by Crippen LogP contribution is 2.29. The molecule has 0 aromatic heterocycles. The molecular formula is C25H19BrClN3O3. The highest BCUT2D eigenvalue weighted by molar-refractivity contribution is 9.10. The molecule has 3 aromatic carbocycles. The molecule has 2 N–H and O–H groups in total. The minimum Gasteiger partial charge on any atom is -0.349 e. The fourth-order valence-corrected chi connectivity index (χ4v) is 3.83. The first-order valence-corrected chi connectivity index (χ1v) is 11.2. The molecule has 0 aliphatic carbocycles. The first-order valence-electron chi connectivity index (χ1n) is 10.1. The summed E-state index contributed by atoms with van der Waals surface area (Å²) in [5.74, 6) is -1.38. The van der Waals surface area contributed by atoms with Crippen LogP contribution in [0.25, 0.3) is 0 Å². The molecule has 0 bridgehead atoms. The van der Waals surface area contributed by atoms with Gasteiger partial charge in [-0.3, -0.25) is 19.3 Å². The molecule has 0 atom stereocenters. The van der Waals surface area contributed by atoms with E-state index in [0.717, 1.165) is 20.5 Å². The van der Waals surface area contributed by atoms with Gasteiger partial charge in [0, 0.05) is 21.4 Å². The van der Waals surface area contributed by atoms with Gasteiger partial charge in [-0.15, -0.1) is 0 Å². The maximum Gasteiger partial charge on any atom is 0.279 e. The van der Waals surface area contributed by atoms with Crippen LogP contribution in [0, 0.1) is 6.92 Å². The highest BCUT2D eigenvalue weighted by Gasteiger charge is 2.38. The Balaban J connectivity index is 1.53. The predicted octanol–water partition coefficient (Wildman–Crippen LogP) is 5.44. The van der Waals surface area contributed by atoms with Gasteiger partial charge in [0.1, 0.15) is 10.7 Å². The van der Waals surface area contributed by atoms with E-state index in [4.69, 9.17) is 11.6 Å². The Morgan fingerprint density at radius 3 is 2.36 bits per heavy atom. The van der Waals surface area contributed by atoms with Crippen molar-refractivity contribution in [3.8, 4) is 0 Å². The molecule has 1 heterocycles. The van der Waals surface area contributed by atoms with Crippen LogP contribution in [0.5, 0.6) is 0 Å². The normalized spacial score (nSPS) is 13.5. The van der Waals surface area contributed by atoms with Gasteiger partial charge >= 0.3 is 0 Å². The van der Waals surface area contributed by atoms with Crippen LogP contribution >= 0.6 is 27.5 Å². The Morgan fingerprint density at radius 2 is 1.67 bits per heavy atom. The van der Waals surface area contributed by atoms with E-state index >= 15 is 0 Å². The maximum absolute atomic E-state index is 13.0. The number of nitrogens with zero attached hydrogens (tertiary/aromatic N) is 1. The van der Waals surface area contributed by atoms with Crippen molar-refractivity contribution in [2.24, 2.45) is 0 Å². The molecule has 0 unspecified atom stereocenters. The zero-order valence-electron chi connectivity index (χ0n) is 17.6. The van der Waals surface area contributed by atoms with Crippen LogP contribution in [0.2, 0.25) is 0 Å². The summed E-state index contributed by atoms with van der Waals surface area (Å²) >= 11 is 9.59. The molecule has 4 rings (SSSR count).